The van der Waals surface area contributed by atoms with Crippen LogP contribution in [0.4, 0.5) is 0 Å². The molecule has 0 saturated carbocycles. The van der Waals surface area contributed by atoms with Gasteiger partial charge in [0.15, 0.2) is 0 Å². The fourth-order valence-electron chi connectivity index (χ4n) is 2.83. The zero-order chi connectivity index (χ0) is 17.5. The fraction of sp³-hybridized carbons (Fsp3) is 1.00. The Bertz CT molecular complexity index is 263. The minimum atomic E-state index is 1.12. The summed E-state index contributed by atoms with van der Waals surface area (Å²) in [5.41, 5.74) is 0. The fourth-order valence-corrected chi connectivity index (χ4v) is 4.15. The summed E-state index contributed by atoms with van der Waals surface area (Å²) in [4.78, 5) is 7.97. The predicted molar refractivity (Wildman–Crippen MR) is 117 cm³/mol. The summed E-state index contributed by atoms with van der Waals surface area (Å²) in [6, 6.07) is 0. The predicted octanol–water partition coefficient (Wildman–Crippen LogP) is 1.58. The average Bonchev–Trinajstić information content (AvgIpc) is 2.59. The quantitative estimate of drug-likeness (QED) is 0.633. The number of hydrogen-bond acceptors (Lipinski definition) is 7. The third kappa shape index (κ3) is 11.5. The summed E-state index contributed by atoms with van der Waals surface area (Å²) in [6.45, 7) is 13.1. The maximum absolute atomic E-state index is 3.65. The van der Waals surface area contributed by atoms with E-state index in [4.69, 9.17) is 0 Å². The smallest absolute Gasteiger partial charge is 0.0110 e. The monoisotopic (exact) mass is 394 g/mol. The van der Waals surface area contributed by atoms with Crippen LogP contribution in [0.2, 0.25) is 0 Å². The van der Waals surface area contributed by atoms with Crippen molar-refractivity contribution in [2.75, 3.05) is 108 Å². The van der Waals surface area contributed by atoms with Crippen molar-refractivity contribution in [3.63, 3.8) is 0 Å². The van der Waals surface area contributed by atoms with Crippen LogP contribution in [0.5, 0.6) is 0 Å². The molecule has 0 unspecified atom stereocenters. The molecule has 1 fully saturated rings. The molecule has 0 aromatic carbocycles. The van der Waals surface area contributed by atoms with Crippen LogP contribution < -0.4 is 5.32 Å². The van der Waals surface area contributed by atoms with Gasteiger partial charge in [-0.2, -0.15) is 35.3 Å². The molecule has 0 aromatic rings. The lowest BCUT2D eigenvalue weighted by Gasteiger charge is -2.31. The Labute approximate surface area is 163 Å². The summed E-state index contributed by atoms with van der Waals surface area (Å²) in [5.74, 6) is 3.73. The second-order valence-electron chi connectivity index (χ2n) is 6.25. The van der Waals surface area contributed by atoms with E-state index in [1.807, 2.05) is 35.3 Å². The molecule has 1 rings (SSSR count). The van der Waals surface area contributed by atoms with E-state index < -0.39 is 0 Å². The van der Waals surface area contributed by atoms with Crippen molar-refractivity contribution in [2.24, 2.45) is 0 Å². The molecule has 1 heterocycles. The summed E-state index contributed by atoms with van der Waals surface area (Å²) in [5, 5.41) is 3.65. The Kier molecular flexibility index (Phi) is 15.4. The van der Waals surface area contributed by atoms with Gasteiger partial charge in [-0.1, -0.05) is 0 Å². The lowest BCUT2D eigenvalue weighted by Crippen LogP contribution is -2.46. The molecule has 1 aliphatic heterocycles. The van der Waals surface area contributed by atoms with Gasteiger partial charge in [0.2, 0.25) is 0 Å². The van der Waals surface area contributed by atoms with Crippen LogP contribution in [-0.2, 0) is 0 Å². The summed E-state index contributed by atoms with van der Waals surface area (Å²) >= 11 is 5.89. The molecule has 1 saturated heterocycles. The molecule has 0 spiro atoms. The third-order valence-electron chi connectivity index (χ3n) is 4.51. The van der Waals surface area contributed by atoms with Crippen molar-refractivity contribution in [1.82, 2.24) is 20.0 Å². The van der Waals surface area contributed by atoms with Crippen LogP contribution >= 0.6 is 35.3 Å². The molecule has 0 atom stereocenters. The molecule has 7 heteroatoms. The Morgan fingerprint density at radius 1 is 0.583 bits per heavy atom. The maximum Gasteiger partial charge on any atom is 0.0110 e. The molecule has 0 aliphatic carbocycles. The van der Waals surface area contributed by atoms with E-state index in [9.17, 15) is 0 Å². The second kappa shape index (κ2) is 16.1. The minimum Gasteiger partial charge on any atom is -0.314 e. The summed E-state index contributed by atoms with van der Waals surface area (Å²) in [7, 11) is 0. The molecule has 0 amide bonds. The van der Waals surface area contributed by atoms with Gasteiger partial charge in [-0.25, -0.2) is 0 Å². The van der Waals surface area contributed by atoms with E-state index in [1.54, 1.807) is 0 Å². The number of nitrogens with one attached hydrogen (secondary N) is 1. The molecule has 0 radical (unpaired) electrons. The number of hydrogen-bond donors (Lipinski definition) is 1. The first kappa shape index (κ1) is 22.9. The molecular formula is C17H38N4S3. The Hall–Kier alpha value is 0.890. The highest BCUT2D eigenvalue weighted by Gasteiger charge is 2.13. The van der Waals surface area contributed by atoms with Gasteiger partial charge < -0.3 is 5.32 Å². The Morgan fingerprint density at radius 3 is 1.25 bits per heavy atom. The molecule has 1 aliphatic rings. The first-order valence-corrected chi connectivity index (χ1v) is 13.3. The zero-order valence-corrected chi connectivity index (χ0v) is 18.4. The molecular weight excluding hydrogens is 356 g/mol. The number of nitrogens with zero attached hydrogens (tertiary/aromatic N) is 3. The lowest BCUT2D eigenvalue weighted by atomic mass is 10.3. The van der Waals surface area contributed by atoms with Crippen molar-refractivity contribution >= 4 is 35.3 Å². The zero-order valence-electron chi connectivity index (χ0n) is 16.0. The Morgan fingerprint density at radius 2 is 0.917 bits per heavy atom. The van der Waals surface area contributed by atoms with Gasteiger partial charge in [-0.15, -0.1) is 0 Å². The van der Waals surface area contributed by atoms with Crippen LogP contribution in [0.1, 0.15) is 0 Å². The summed E-state index contributed by atoms with van der Waals surface area (Å²) in [6.07, 6.45) is 6.64. The molecule has 24 heavy (non-hydrogen) atoms. The molecule has 4 nitrogen and oxygen atoms in total. The highest BCUT2D eigenvalue weighted by molar-refractivity contribution is 7.99. The van der Waals surface area contributed by atoms with Crippen molar-refractivity contribution < 1.29 is 0 Å². The standard InChI is InChI=1S/C17H38N4S3/c1-22-15-12-19-6-4-18-5-7-20(13-16-23-2)9-11-21(10-8-19)14-17-24-3/h18H,4-17H2,1-3H3. The first-order valence-electron chi connectivity index (χ1n) is 9.14. The largest absolute Gasteiger partial charge is 0.314 e. The highest BCUT2D eigenvalue weighted by atomic mass is 32.2. The van der Waals surface area contributed by atoms with Gasteiger partial charge in [0, 0.05) is 89.3 Å². The van der Waals surface area contributed by atoms with Crippen LogP contribution in [0, 0.1) is 0 Å². The van der Waals surface area contributed by atoms with Gasteiger partial charge in [0.1, 0.15) is 0 Å². The van der Waals surface area contributed by atoms with Crippen LogP contribution in [0.3, 0.4) is 0 Å². The minimum absolute atomic E-state index is 1.12. The van der Waals surface area contributed by atoms with Gasteiger partial charge in [-0.05, 0) is 18.8 Å². The van der Waals surface area contributed by atoms with E-state index >= 15 is 0 Å². The maximum atomic E-state index is 3.65. The van der Waals surface area contributed by atoms with Crippen molar-refractivity contribution in [2.45, 2.75) is 0 Å². The normalized spacial score (nSPS) is 20.6. The van der Waals surface area contributed by atoms with E-state index in [0.29, 0.717) is 0 Å². The SMILES string of the molecule is CSCCN1CCNCCN(CCSC)CCN(CCSC)CC1. The topological polar surface area (TPSA) is 21.8 Å². The number of thioether (sulfide) groups is 3. The van der Waals surface area contributed by atoms with Gasteiger partial charge >= 0.3 is 0 Å². The van der Waals surface area contributed by atoms with Crippen LogP contribution in [0.15, 0.2) is 0 Å². The van der Waals surface area contributed by atoms with E-state index in [0.717, 1.165) is 13.1 Å². The summed E-state index contributed by atoms with van der Waals surface area (Å²) < 4.78 is 0. The van der Waals surface area contributed by atoms with Crippen molar-refractivity contribution in [3.05, 3.63) is 0 Å². The molecule has 0 bridgehead atoms. The van der Waals surface area contributed by atoms with Crippen molar-refractivity contribution in [1.29, 1.82) is 0 Å². The van der Waals surface area contributed by atoms with Gasteiger partial charge in [0.25, 0.3) is 0 Å². The highest BCUT2D eigenvalue weighted by Crippen LogP contribution is 2.02. The first-order chi connectivity index (χ1) is 11.8. The second-order valence-corrected chi connectivity index (χ2v) is 9.21. The Balaban J connectivity index is 2.53. The van der Waals surface area contributed by atoms with E-state index in [2.05, 4.69) is 38.8 Å². The molecule has 1 N–H and O–H groups in total. The van der Waals surface area contributed by atoms with Crippen LogP contribution in [-0.4, -0.2) is 123 Å². The van der Waals surface area contributed by atoms with Crippen LogP contribution in [0.25, 0.3) is 0 Å². The number of rotatable bonds is 9. The molecule has 144 valence electrons. The van der Waals surface area contributed by atoms with Gasteiger partial charge in [0.05, 0.1) is 0 Å². The average molecular weight is 395 g/mol. The van der Waals surface area contributed by atoms with Gasteiger partial charge in [-0.3, -0.25) is 14.7 Å². The third-order valence-corrected chi connectivity index (χ3v) is 6.28. The van der Waals surface area contributed by atoms with E-state index in [1.165, 1.54) is 76.2 Å². The van der Waals surface area contributed by atoms with Crippen molar-refractivity contribution in [3.8, 4) is 0 Å². The molecule has 0 aromatic heterocycles. The van der Waals surface area contributed by atoms with E-state index in [-0.39, 0.29) is 0 Å². The lowest BCUT2D eigenvalue weighted by molar-refractivity contribution is 0.180.